The van der Waals surface area contributed by atoms with Gasteiger partial charge in [0, 0.05) is 17.6 Å². The van der Waals surface area contributed by atoms with Crippen molar-refractivity contribution in [3.05, 3.63) is 88.2 Å². The molecule has 0 bridgehead atoms. The van der Waals surface area contributed by atoms with Gasteiger partial charge < -0.3 is 19.5 Å². The third kappa shape index (κ3) is 3.17. The minimum Gasteiger partial charge on any atom is -0.497 e. The number of rotatable bonds is 5. The van der Waals surface area contributed by atoms with Crippen LogP contribution >= 0.6 is 0 Å². The Morgan fingerprint density at radius 1 is 1.11 bits per heavy atom. The first-order valence-electron chi connectivity index (χ1n) is 8.90. The predicted molar refractivity (Wildman–Crippen MR) is 100 cm³/mol. The average molecular weight is 380 g/mol. The van der Waals surface area contributed by atoms with E-state index in [9.17, 15) is 9.90 Å². The monoisotopic (exact) mass is 380 g/mol. The van der Waals surface area contributed by atoms with E-state index < -0.39 is 11.8 Å². The first kappa shape index (κ1) is 18.3. The van der Waals surface area contributed by atoms with Gasteiger partial charge in [-0.25, -0.2) is 4.79 Å². The first-order chi connectivity index (χ1) is 13.5. The summed E-state index contributed by atoms with van der Waals surface area (Å²) < 4.78 is 10.6. The molecule has 2 aromatic carbocycles. The van der Waals surface area contributed by atoms with Gasteiger partial charge in [-0.1, -0.05) is 29.8 Å². The molecule has 0 amide bonds. The maximum Gasteiger partial charge on any atom is 0.345 e. The standard InChI is InChI=1S/C22H20O6/c1-14-3-5-15(6-4-14)13-18-20(19-11-12-26-28-19)21(23)27-22(18,24)16-7-9-17(25-2)10-8-16/h3-11,24H,12-13H2,1-2H3. The van der Waals surface area contributed by atoms with Crippen molar-refractivity contribution in [2.24, 2.45) is 0 Å². The van der Waals surface area contributed by atoms with Crippen LogP contribution in [0.4, 0.5) is 0 Å². The van der Waals surface area contributed by atoms with Crippen molar-refractivity contribution in [2.75, 3.05) is 13.7 Å². The number of aryl methyl sites for hydroxylation is 1. The number of cyclic esters (lactones) is 1. The average Bonchev–Trinajstić information content (AvgIpc) is 3.31. The number of carbonyl (C=O) groups excluding carboxylic acids is 1. The zero-order chi connectivity index (χ0) is 19.7. The Morgan fingerprint density at radius 2 is 1.82 bits per heavy atom. The van der Waals surface area contributed by atoms with Crippen molar-refractivity contribution < 1.29 is 29.1 Å². The molecule has 0 saturated carbocycles. The molecule has 0 fully saturated rings. The van der Waals surface area contributed by atoms with Crippen LogP contribution in [-0.4, -0.2) is 24.8 Å². The van der Waals surface area contributed by atoms with E-state index in [2.05, 4.69) is 0 Å². The number of esters is 1. The smallest absolute Gasteiger partial charge is 0.345 e. The second-order valence-electron chi connectivity index (χ2n) is 6.71. The number of methoxy groups -OCH3 is 1. The zero-order valence-electron chi connectivity index (χ0n) is 15.6. The summed E-state index contributed by atoms with van der Waals surface area (Å²) in [6.07, 6.45) is 1.95. The molecule has 2 aromatic rings. The van der Waals surface area contributed by atoms with Crippen LogP contribution in [-0.2, 0) is 31.5 Å². The Hall–Kier alpha value is -3.09. The molecule has 0 aromatic heterocycles. The van der Waals surface area contributed by atoms with Crippen LogP contribution in [0.5, 0.6) is 5.75 Å². The molecule has 6 nitrogen and oxygen atoms in total. The largest absolute Gasteiger partial charge is 0.497 e. The molecule has 1 unspecified atom stereocenters. The third-order valence-electron chi connectivity index (χ3n) is 4.87. The predicted octanol–water partition coefficient (Wildman–Crippen LogP) is 3.09. The lowest BCUT2D eigenvalue weighted by atomic mass is 9.89. The molecule has 1 N–H and O–H groups in total. The number of ether oxygens (including phenoxy) is 2. The van der Waals surface area contributed by atoms with Crippen LogP contribution in [0.2, 0.25) is 0 Å². The molecule has 28 heavy (non-hydrogen) atoms. The van der Waals surface area contributed by atoms with Crippen molar-refractivity contribution in [1.29, 1.82) is 0 Å². The number of aliphatic hydroxyl groups is 1. The van der Waals surface area contributed by atoms with E-state index in [1.165, 1.54) is 0 Å². The van der Waals surface area contributed by atoms with Gasteiger partial charge >= 0.3 is 5.97 Å². The molecule has 2 aliphatic rings. The molecule has 0 radical (unpaired) electrons. The number of hydrogen-bond donors (Lipinski definition) is 1. The minimum absolute atomic E-state index is 0.191. The van der Waals surface area contributed by atoms with Gasteiger partial charge in [0.1, 0.15) is 17.9 Å². The molecule has 6 heteroatoms. The lowest BCUT2D eigenvalue weighted by Gasteiger charge is -2.26. The van der Waals surface area contributed by atoms with Gasteiger partial charge in [0.25, 0.3) is 5.79 Å². The normalized spacial score (nSPS) is 21.4. The summed E-state index contributed by atoms with van der Waals surface area (Å²) in [5.74, 6) is -1.67. The summed E-state index contributed by atoms with van der Waals surface area (Å²) in [4.78, 5) is 22.7. The van der Waals surface area contributed by atoms with Gasteiger partial charge in [-0.05, 0) is 42.8 Å². The van der Waals surface area contributed by atoms with Crippen LogP contribution in [0.25, 0.3) is 0 Å². The van der Waals surface area contributed by atoms with Crippen molar-refractivity contribution in [1.82, 2.24) is 0 Å². The summed E-state index contributed by atoms with van der Waals surface area (Å²) >= 11 is 0. The quantitative estimate of drug-likeness (QED) is 0.635. The maximum absolute atomic E-state index is 12.7. The van der Waals surface area contributed by atoms with E-state index in [0.29, 0.717) is 23.3 Å². The fraction of sp³-hybridized carbons (Fsp3) is 0.227. The Morgan fingerprint density at radius 3 is 2.43 bits per heavy atom. The Labute approximate surface area is 162 Å². The van der Waals surface area contributed by atoms with Gasteiger partial charge in [0.2, 0.25) is 0 Å². The highest BCUT2D eigenvalue weighted by molar-refractivity contribution is 5.97. The van der Waals surface area contributed by atoms with Gasteiger partial charge in [0.15, 0.2) is 5.76 Å². The molecule has 4 rings (SSSR count). The molecule has 1 atom stereocenters. The van der Waals surface area contributed by atoms with Crippen LogP contribution in [0.1, 0.15) is 16.7 Å². The molecule has 144 valence electrons. The van der Waals surface area contributed by atoms with Gasteiger partial charge in [0.05, 0.1) is 7.11 Å². The number of benzene rings is 2. The molecule has 0 aliphatic carbocycles. The lowest BCUT2D eigenvalue weighted by Crippen LogP contribution is -2.29. The number of hydrogen-bond acceptors (Lipinski definition) is 6. The Bertz CT molecular complexity index is 956. The van der Waals surface area contributed by atoms with Crippen molar-refractivity contribution >= 4 is 5.97 Å². The number of carbonyl (C=O) groups is 1. The fourth-order valence-corrected chi connectivity index (χ4v) is 3.34. The second-order valence-corrected chi connectivity index (χ2v) is 6.71. The summed E-state index contributed by atoms with van der Waals surface area (Å²) in [5, 5.41) is 11.4. The van der Waals surface area contributed by atoms with Gasteiger partial charge in [-0.15, -0.1) is 0 Å². The Balaban J connectivity index is 1.82. The highest BCUT2D eigenvalue weighted by Gasteiger charge is 2.49. The van der Waals surface area contributed by atoms with Crippen molar-refractivity contribution in [2.45, 2.75) is 19.1 Å². The lowest BCUT2D eigenvalue weighted by molar-refractivity contribution is -0.231. The summed E-state index contributed by atoms with van der Waals surface area (Å²) in [6.45, 7) is 2.23. The minimum atomic E-state index is -1.91. The zero-order valence-corrected chi connectivity index (χ0v) is 15.6. The summed E-state index contributed by atoms with van der Waals surface area (Å²) in [7, 11) is 1.56. The van der Waals surface area contributed by atoms with Crippen LogP contribution < -0.4 is 4.74 Å². The van der Waals surface area contributed by atoms with Gasteiger partial charge in [-0.2, -0.15) is 4.89 Å². The van der Waals surface area contributed by atoms with Crippen LogP contribution in [0, 0.1) is 6.92 Å². The summed E-state index contributed by atoms with van der Waals surface area (Å²) in [6, 6.07) is 14.6. The molecular weight excluding hydrogens is 360 g/mol. The second kappa shape index (κ2) is 7.14. The third-order valence-corrected chi connectivity index (χ3v) is 4.87. The van der Waals surface area contributed by atoms with E-state index in [-0.39, 0.29) is 17.9 Å². The van der Waals surface area contributed by atoms with E-state index in [0.717, 1.165) is 11.1 Å². The van der Waals surface area contributed by atoms with Gasteiger partial charge in [-0.3, -0.25) is 0 Å². The SMILES string of the molecule is COc1ccc(C2(O)OC(=O)C(C3=CCOO3)=C2Cc2ccc(C)cc2)cc1. The molecule has 2 aliphatic heterocycles. The van der Waals surface area contributed by atoms with Crippen molar-refractivity contribution in [3.8, 4) is 5.75 Å². The van der Waals surface area contributed by atoms with Crippen molar-refractivity contribution in [3.63, 3.8) is 0 Å². The summed E-state index contributed by atoms with van der Waals surface area (Å²) in [5.41, 5.74) is 3.08. The molecular formula is C22H20O6. The topological polar surface area (TPSA) is 74.2 Å². The van der Waals surface area contributed by atoms with E-state index in [1.54, 1.807) is 37.5 Å². The highest BCUT2D eigenvalue weighted by atomic mass is 17.2. The van der Waals surface area contributed by atoms with E-state index >= 15 is 0 Å². The van der Waals surface area contributed by atoms with Crippen LogP contribution in [0.15, 0.2) is 71.5 Å². The van der Waals surface area contributed by atoms with E-state index in [1.807, 2.05) is 31.2 Å². The fourth-order valence-electron chi connectivity index (χ4n) is 3.34. The highest BCUT2D eigenvalue weighted by Crippen LogP contribution is 2.44. The maximum atomic E-state index is 12.7. The van der Waals surface area contributed by atoms with Crippen LogP contribution in [0.3, 0.4) is 0 Å². The first-order valence-corrected chi connectivity index (χ1v) is 8.90. The molecule has 0 spiro atoms. The molecule has 0 saturated heterocycles. The Kier molecular flexibility index (Phi) is 4.66. The van der Waals surface area contributed by atoms with E-state index in [4.69, 9.17) is 19.2 Å². The molecule has 2 heterocycles.